The molecule has 0 fully saturated rings. The minimum Gasteiger partial charge on any atom is -0.376 e. The van der Waals surface area contributed by atoms with Gasteiger partial charge in [-0.25, -0.2) is 0 Å². The van der Waals surface area contributed by atoms with Crippen molar-refractivity contribution < 1.29 is 0 Å². The maximum Gasteiger partial charge on any atom is 0.128 e. The molecule has 0 aliphatic heterocycles. The summed E-state index contributed by atoms with van der Waals surface area (Å²) in [7, 11) is 6.22. The summed E-state index contributed by atoms with van der Waals surface area (Å²) in [6, 6.07) is 17.0. The first-order valence-corrected chi connectivity index (χ1v) is 11.5. The van der Waals surface area contributed by atoms with Crippen LogP contribution in [0.3, 0.4) is 0 Å². The Labute approximate surface area is 189 Å². The van der Waals surface area contributed by atoms with Gasteiger partial charge in [-0.3, -0.25) is 0 Å². The van der Waals surface area contributed by atoms with Crippen molar-refractivity contribution in [2.45, 2.75) is 34.6 Å². The van der Waals surface area contributed by atoms with Crippen LogP contribution >= 0.6 is 11.7 Å². The van der Waals surface area contributed by atoms with Gasteiger partial charge in [0.25, 0.3) is 0 Å². The quantitative estimate of drug-likeness (QED) is 0.285. The standard InChI is InChI=1S/C13H11N.C11H15N3S.C2H6/c1-14-12-8-4-2-6-10(12)11-7-3-5-9-13(11)14;1-6-7(2)9-10(13-15-12-9)11(8(6)3)14(4)5;1-2/h2-9H,1H3;1-5H3;1-2H3. The Morgan fingerprint density at radius 3 is 1.71 bits per heavy atom. The van der Waals surface area contributed by atoms with Crippen molar-refractivity contribution in [1.82, 2.24) is 13.3 Å². The molecule has 0 N–H and O–H groups in total. The van der Waals surface area contributed by atoms with Crippen molar-refractivity contribution in [2.75, 3.05) is 19.0 Å². The molecule has 0 unspecified atom stereocenters. The molecule has 162 valence electrons. The van der Waals surface area contributed by atoms with E-state index in [2.05, 4.69) is 109 Å². The molecule has 0 bridgehead atoms. The molecule has 2 aromatic heterocycles. The van der Waals surface area contributed by atoms with Gasteiger partial charge < -0.3 is 9.47 Å². The molecule has 4 nitrogen and oxygen atoms in total. The molecule has 2 heterocycles. The first kappa shape index (κ1) is 22.8. The molecule has 0 saturated carbocycles. The molecule has 3 aromatic carbocycles. The van der Waals surface area contributed by atoms with Crippen LogP contribution in [0.15, 0.2) is 48.5 Å². The molecule has 5 aromatic rings. The van der Waals surface area contributed by atoms with Crippen LogP contribution in [0, 0.1) is 20.8 Å². The number of aryl methyl sites for hydroxylation is 2. The number of hydrogen-bond acceptors (Lipinski definition) is 4. The molecule has 0 amide bonds. The molecule has 31 heavy (non-hydrogen) atoms. The Morgan fingerprint density at radius 1 is 0.710 bits per heavy atom. The molecule has 0 aliphatic carbocycles. The van der Waals surface area contributed by atoms with Crippen LogP contribution in [0.4, 0.5) is 5.69 Å². The monoisotopic (exact) mass is 432 g/mol. The fourth-order valence-corrected chi connectivity index (χ4v) is 4.67. The van der Waals surface area contributed by atoms with Gasteiger partial charge in [-0.05, 0) is 49.6 Å². The summed E-state index contributed by atoms with van der Waals surface area (Å²) in [5, 5.41) is 2.68. The molecule has 0 aliphatic rings. The van der Waals surface area contributed by atoms with Gasteiger partial charge in [0.15, 0.2) is 0 Å². The summed E-state index contributed by atoms with van der Waals surface area (Å²) < 4.78 is 11.0. The third-order valence-corrected chi connectivity index (χ3v) is 6.34. The van der Waals surface area contributed by atoms with Crippen molar-refractivity contribution in [3.05, 3.63) is 65.2 Å². The number of nitrogens with zero attached hydrogens (tertiary/aromatic N) is 4. The lowest BCUT2D eigenvalue weighted by molar-refractivity contribution is 1.01. The van der Waals surface area contributed by atoms with Gasteiger partial charge in [-0.15, -0.1) is 0 Å². The summed E-state index contributed by atoms with van der Waals surface area (Å²) in [4.78, 5) is 2.12. The fraction of sp³-hybridized carbons (Fsp3) is 0.308. The minimum absolute atomic E-state index is 1.03. The van der Waals surface area contributed by atoms with Crippen molar-refractivity contribution in [2.24, 2.45) is 7.05 Å². The van der Waals surface area contributed by atoms with Gasteiger partial charge in [0.05, 0.1) is 17.4 Å². The predicted octanol–water partition coefficient (Wildman–Crippen LogP) is 7.04. The smallest absolute Gasteiger partial charge is 0.128 e. The van der Waals surface area contributed by atoms with Crippen LogP contribution in [0.5, 0.6) is 0 Å². The minimum atomic E-state index is 1.03. The van der Waals surface area contributed by atoms with E-state index in [-0.39, 0.29) is 0 Å². The van der Waals surface area contributed by atoms with E-state index in [0.29, 0.717) is 0 Å². The first-order chi connectivity index (χ1) is 14.9. The van der Waals surface area contributed by atoms with Crippen molar-refractivity contribution >= 4 is 50.3 Å². The summed E-state index contributed by atoms with van der Waals surface area (Å²) in [6.07, 6.45) is 0. The molecule has 0 atom stereocenters. The number of anilines is 1. The summed E-state index contributed by atoms with van der Waals surface area (Å²) >= 11 is 1.29. The van der Waals surface area contributed by atoms with Gasteiger partial charge in [0, 0.05) is 42.9 Å². The van der Waals surface area contributed by atoms with E-state index in [4.69, 9.17) is 0 Å². The molecule has 0 radical (unpaired) electrons. The lowest BCUT2D eigenvalue weighted by Gasteiger charge is -2.19. The molecular weight excluding hydrogens is 400 g/mol. The number of aromatic nitrogens is 3. The second-order valence-corrected chi connectivity index (χ2v) is 8.20. The van der Waals surface area contributed by atoms with Crippen LogP contribution in [-0.4, -0.2) is 27.4 Å². The van der Waals surface area contributed by atoms with E-state index in [1.807, 2.05) is 13.8 Å². The van der Waals surface area contributed by atoms with Gasteiger partial charge in [-0.2, -0.15) is 8.75 Å². The molecule has 5 rings (SSSR count). The zero-order valence-electron chi connectivity index (χ0n) is 19.8. The predicted molar refractivity (Wildman–Crippen MR) is 138 cm³/mol. The Balaban J connectivity index is 0.000000163. The second-order valence-electron chi connectivity index (χ2n) is 7.67. The highest BCUT2D eigenvalue weighted by molar-refractivity contribution is 7.00. The van der Waals surface area contributed by atoms with Crippen molar-refractivity contribution in [3.8, 4) is 0 Å². The highest BCUT2D eigenvalue weighted by Gasteiger charge is 2.16. The Kier molecular flexibility index (Phi) is 6.96. The van der Waals surface area contributed by atoms with Crippen molar-refractivity contribution in [1.29, 1.82) is 0 Å². The Hall–Kier alpha value is -2.92. The van der Waals surface area contributed by atoms with E-state index < -0.39 is 0 Å². The fourth-order valence-electron chi connectivity index (χ4n) is 4.07. The summed E-state index contributed by atoms with van der Waals surface area (Å²) in [5.74, 6) is 0. The highest BCUT2D eigenvalue weighted by Crippen LogP contribution is 2.33. The normalized spacial score (nSPS) is 10.6. The SMILES string of the molecule is CC.Cc1c(C)c(N(C)C)c2nsnc2c1C.Cn1c2ccccc2c2ccccc21. The van der Waals surface area contributed by atoms with E-state index in [0.717, 1.165) is 11.0 Å². The maximum atomic E-state index is 4.39. The maximum absolute atomic E-state index is 4.39. The third-order valence-electron chi connectivity index (χ3n) is 5.82. The molecule has 0 saturated heterocycles. The van der Waals surface area contributed by atoms with Crippen LogP contribution in [-0.2, 0) is 7.05 Å². The van der Waals surface area contributed by atoms with Gasteiger partial charge in [-0.1, -0.05) is 50.2 Å². The van der Waals surface area contributed by atoms with Gasteiger partial charge >= 0.3 is 0 Å². The lowest BCUT2D eigenvalue weighted by atomic mass is 10.00. The van der Waals surface area contributed by atoms with E-state index in [1.165, 1.54) is 55.9 Å². The first-order valence-electron chi connectivity index (χ1n) is 10.7. The number of hydrogen-bond donors (Lipinski definition) is 0. The number of fused-ring (bicyclic) bond motifs is 4. The van der Waals surface area contributed by atoms with E-state index >= 15 is 0 Å². The largest absolute Gasteiger partial charge is 0.376 e. The third kappa shape index (κ3) is 4.02. The van der Waals surface area contributed by atoms with Crippen LogP contribution in [0.2, 0.25) is 0 Å². The molecule has 0 spiro atoms. The Morgan fingerprint density at radius 2 is 1.19 bits per heavy atom. The number of rotatable bonds is 1. The summed E-state index contributed by atoms with van der Waals surface area (Å²) in [5.41, 5.74) is 9.75. The highest BCUT2D eigenvalue weighted by atomic mass is 32.1. The second kappa shape index (κ2) is 9.48. The van der Waals surface area contributed by atoms with E-state index in [1.54, 1.807) is 0 Å². The van der Waals surface area contributed by atoms with Crippen molar-refractivity contribution in [3.63, 3.8) is 0 Å². The average molecular weight is 433 g/mol. The topological polar surface area (TPSA) is 34.0 Å². The molecule has 5 heteroatoms. The van der Waals surface area contributed by atoms with Gasteiger partial charge in [0.1, 0.15) is 11.0 Å². The zero-order chi connectivity index (χ0) is 22.7. The summed E-state index contributed by atoms with van der Waals surface area (Å²) in [6.45, 7) is 10.4. The zero-order valence-corrected chi connectivity index (χ0v) is 20.6. The lowest BCUT2D eigenvalue weighted by Crippen LogP contribution is -2.12. The molecular formula is C26H32N4S. The Bertz CT molecular complexity index is 1270. The average Bonchev–Trinajstić information content (AvgIpc) is 3.38. The number of benzene rings is 3. The van der Waals surface area contributed by atoms with Crippen LogP contribution < -0.4 is 4.90 Å². The van der Waals surface area contributed by atoms with E-state index in [9.17, 15) is 0 Å². The van der Waals surface area contributed by atoms with Crippen LogP contribution in [0.25, 0.3) is 32.8 Å². The number of para-hydroxylation sites is 2. The van der Waals surface area contributed by atoms with Crippen LogP contribution in [0.1, 0.15) is 30.5 Å². The van der Waals surface area contributed by atoms with Gasteiger partial charge in [0.2, 0.25) is 0 Å².